The third-order valence-electron chi connectivity index (χ3n) is 8.87. The maximum atomic E-state index is 13.4. The topological polar surface area (TPSA) is 70.7 Å². The molecule has 2 saturated heterocycles. The highest BCUT2D eigenvalue weighted by Gasteiger charge is 2.54. The van der Waals surface area contributed by atoms with Crippen molar-refractivity contribution in [2.45, 2.75) is 95.2 Å². The molecule has 0 radical (unpaired) electrons. The Morgan fingerprint density at radius 1 is 1.03 bits per heavy atom. The van der Waals surface area contributed by atoms with E-state index >= 15 is 0 Å². The van der Waals surface area contributed by atoms with E-state index in [1.54, 1.807) is 0 Å². The molecule has 7 heteroatoms. The van der Waals surface area contributed by atoms with E-state index in [0.717, 1.165) is 37.5 Å². The van der Waals surface area contributed by atoms with Crippen LogP contribution in [0.15, 0.2) is 0 Å². The summed E-state index contributed by atoms with van der Waals surface area (Å²) in [5.74, 6) is 2.04. The van der Waals surface area contributed by atoms with Crippen LogP contribution >= 0.6 is 0 Å². The van der Waals surface area contributed by atoms with Gasteiger partial charge >= 0.3 is 6.03 Å². The van der Waals surface area contributed by atoms with Gasteiger partial charge in [-0.15, -0.1) is 0 Å². The van der Waals surface area contributed by atoms with Gasteiger partial charge in [-0.3, -0.25) is 15.0 Å². The lowest BCUT2D eigenvalue weighted by atomic mass is 9.68. The van der Waals surface area contributed by atoms with Gasteiger partial charge in [-0.1, -0.05) is 19.3 Å². The van der Waals surface area contributed by atoms with E-state index in [4.69, 9.17) is 4.74 Å². The zero-order valence-electron chi connectivity index (χ0n) is 18.1. The first-order valence-electron chi connectivity index (χ1n) is 12.1. The Kier molecular flexibility index (Phi) is 5.55. The van der Waals surface area contributed by atoms with Gasteiger partial charge in [0.2, 0.25) is 0 Å². The van der Waals surface area contributed by atoms with Crippen LogP contribution < -0.4 is 10.6 Å². The first-order valence-corrected chi connectivity index (χ1v) is 12.1. The average molecular weight is 422 g/mol. The Morgan fingerprint density at radius 2 is 1.77 bits per heavy atom. The average Bonchev–Trinajstić information content (AvgIpc) is 3.44. The second kappa shape index (κ2) is 8.05. The molecule has 3 saturated carbocycles. The fourth-order valence-electron chi connectivity index (χ4n) is 6.94. The predicted molar refractivity (Wildman–Crippen MR) is 110 cm³/mol. The quantitative estimate of drug-likeness (QED) is 0.683. The predicted octanol–water partition coefficient (Wildman–Crippen LogP) is 3.36. The molecule has 0 aromatic carbocycles. The highest BCUT2D eigenvalue weighted by molar-refractivity contribution is 6.07. The lowest BCUT2D eigenvalue weighted by molar-refractivity contribution is -0.135. The molecule has 6 nitrogen and oxygen atoms in total. The van der Waals surface area contributed by atoms with Crippen LogP contribution in [0.25, 0.3) is 0 Å². The van der Waals surface area contributed by atoms with Crippen molar-refractivity contribution in [3.8, 4) is 0 Å². The maximum absolute atomic E-state index is 13.4. The Morgan fingerprint density at radius 3 is 2.57 bits per heavy atom. The molecule has 6 unspecified atom stereocenters. The third-order valence-corrected chi connectivity index (χ3v) is 8.87. The van der Waals surface area contributed by atoms with Crippen molar-refractivity contribution in [1.29, 1.82) is 0 Å². The van der Waals surface area contributed by atoms with Crippen LogP contribution in [0.1, 0.15) is 71.1 Å². The van der Waals surface area contributed by atoms with E-state index in [0.29, 0.717) is 25.3 Å². The molecule has 5 fully saturated rings. The van der Waals surface area contributed by atoms with Gasteiger partial charge < -0.3 is 10.1 Å². The van der Waals surface area contributed by atoms with E-state index < -0.39 is 11.7 Å². The standard InChI is InChI=1S/C23H36FN3O3/c1-23(17-8-5-14-3-2-4-16(14)11-17)21(28)27(22(29)26-23)13-20-25-12-19(30-20)15-6-9-18(24)10-7-15/h14-20,25H,2-13H2,1H3,(H,26,29). The molecule has 0 aromatic rings. The van der Waals surface area contributed by atoms with E-state index in [1.807, 2.05) is 6.92 Å². The summed E-state index contributed by atoms with van der Waals surface area (Å²) in [7, 11) is 0. The molecular weight excluding hydrogens is 385 g/mol. The molecule has 3 aliphatic carbocycles. The van der Waals surface area contributed by atoms with Crippen LogP contribution in [0.4, 0.5) is 9.18 Å². The normalized spacial score (nSPS) is 46.9. The number of imide groups is 1. The second-order valence-corrected chi connectivity index (χ2v) is 10.6. The van der Waals surface area contributed by atoms with Crippen LogP contribution in [0.5, 0.6) is 0 Å². The zero-order valence-corrected chi connectivity index (χ0v) is 18.1. The number of halogens is 1. The minimum Gasteiger partial charge on any atom is -0.357 e. The maximum Gasteiger partial charge on any atom is 0.325 e. The van der Waals surface area contributed by atoms with Crippen molar-refractivity contribution in [1.82, 2.24) is 15.5 Å². The molecule has 30 heavy (non-hydrogen) atoms. The number of carbonyl (C=O) groups excluding carboxylic acids is 2. The summed E-state index contributed by atoms with van der Waals surface area (Å²) < 4.78 is 19.6. The third kappa shape index (κ3) is 3.66. The first-order chi connectivity index (χ1) is 14.4. The van der Waals surface area contributed by atoms with Gasteiger partial charge in [0.15, 0.2) is 0 Å². The molecule has 0 spiro atoms. The lowest BCUT2D eigenvalue weighted by Crippen LogP contribution is -2.52. The van der Waals surface area contributed by atoms with E-state index in [9.17, 15) is 14.0 Å². The number of nitrogens with zero attached hydrogens (tertiary/aromatic N) is 1. The van der Waals surface area contributed by atoms with Gasteiger partial charge in [-0.25, -0.2) is 9.18 Å². The minimum atomic E-state index is -0.790. The molecule has 6 atom stereocenters. The van der Waals surface area contributed by atoms with Gasteiger partial charge in [0.05, 0.1) is 12.6 Å². The number of fused-ring (bicyclic) bond motifs is 1. The van der Waals surface area contributed by atoms with Crippen LogP contribution in [0.3, 0.4) is 0 Å². The summed E-state index contributed by atoms with van der Waals surface area (Å²) in [5, 5.41) is 6.38. The number of amides is 3. The van der Waals surface area contributed by atoms with Crippen LogP contribution in [0, 0.1) is 23.7 Å². The summed E-state index contributed by atoms with van der Waals surface area (Å²) in [6.45, 7) is 2.88. The summed E-state index contributed by atoms with van der Waals surface area (Å²) in [4.78, 5) is 27.5. The summed E-state index contributed by atoms with van der Waals surface area (Å²) in [6.07, 6.45) is 9.15. The van der Waals surface area contributed by atoms with Gasteiger partial charge in [-0.05, 0) is 75.5 Å². The Labute approximate surface area is 178 Å². The lowest BCUT2D eigenvalue weighted by Gasteiger charge is -2.39. The van der Waals surface area contributed by atoms with Crippen LogP contribution in [-0.2, 0) is 9.53 Å². The number of hydrogen-bond donors (Lipinski definition) is 2. The van der Waals surface area contributed by atoms with Crippen molar-refractivity contribution < 1.29 is 18.7 Å². The van der Waals surface area contributed by atoms with Crippen LogP contribution in [-0.4, -0.2) is 54.0 Å². The molecular formula is C23H36FN3O3. The molecule has 3 amide bonds. The fourth-order valence-corrected chi connectivity index (χ4v) is 6.94. The number of alkyl halides is 1. The summed E-state index contributed by atoms with van der Waals surface area (Å²) in [5.41, 5.74) is -0.790. The van der Waals surface area contributed by atoms with E-state index in [-0.39, 0.29) is 36.7 Å². The number of hydrogen-bond acceptors (Lipinski definition) is 4. The van der Waals surface area contributed by atoms with E-state index in [2.05, 4.69) is 10.6 Å². The largest absolute Gasteiger partial charge is 0.357 e. The first kappa shape index (κ1) is 20.7. The SMILES string of the molecule is CC1(C2CCC3CCCC3C2)NC(=O)N(CC2NCC(C3CCC(F)CC3)O2)C1=O. The molecule has 168 valence electrons. The van der Waals surface area contributed by atoms with Gasteiger partial charge in [0.1, 0.15) is 17.9 Å². The number of rotatable bonds is 4. The second-order valence-electron chi connectivity index (χ2n) is 10.6. The highest BCUT2D eigenvalue weighted by atomic mass is 19.1. The van der Waals surface area contributed by atoms with Gasteiger partial charge in [0.25, 0.3) is 5.91 Å². The molecule has 2 N–H and O–H groups in total. The Balaban J connectivity index is 1.19. The monoisotopic (exact) mass is 421 g/mol. The highest BCUT2D eigenvalue weighted by Crippen LogP contribution is 2.48. The molecule has 0 bridgehead atoms. The van der Waals surface area contributed by atoms with Crippen LogP contribution in [0.2, 0.25) is 0 Å². The van der Waals surface area contributed by atoms with Crippen molar-refractivity contribution in [3.05, 3.63) is 0 Å². The van der Waals surface area contributed by atoms with Gasteiger partial charge in [-0.2, -0.15) is 0 Å². The Bertz CT molecular complexity index is 683. The smallest absolute Gasteiger partial charge is 0.325 e. The van der Waals surface area contributed by atoms with Crippen molar-refractivity contribution in [3.63, 3.8) is 0 Å². The number of urea groups is 1. The summed E-state index contributed by atoms with van der Waals surface area (Å²) >= 11 is 0. The minimum absolute atomic E-state index is 0.0484. The molecule has 5 aliphatic rings. The fraction of sp³-hybridized carbons (Fsp3) is 0.913. The molecule has 5 rings (SSSR count). The van der Waals surface area contributed by atoms with Gasteiger partial charge in [0, 0.05) is 6.54 Å². The molecule has 0 aromatic heterocycles. The zero-order chi connectivity index (χ0) is 20.9. The number of carbonyl (C=O) groups is 2. The van der Waals surface area contributed by atoms with Crippen molar-refractivity contribution >= 4 is 11.9 Å². The van der Waals surface area contributed by atoms with Crippen molar-refractivity contribution in [2.24, 2.45) is 23.7 Å². The Hall–Kier alpha value is -1.21. The van der Waals surface area contributed by atoms with E-state index in [1.165, 1.54) is 30.6 Å². The number of nitrogens with one attached hydrogen (secondary N) is 2. The number of ether oxygens (including phenoxy) is 1. The van der Waals surface area contributed by atoms with Crippen molar-refractivity contribution in [2.75, 3.05) is 13.1 Å². The molecule has 2 aliphatic heterocycles. The molecule has 2 heterocycles. The summed E-state index contributed by atoms with van der Waals surface area (Å²) in [6, 6.07) is -0.289.